The summed E-state index contributed by atoms with van der Waals surface area (Å²) in [5.74, 6) is -4.60. The summed E-state index contributed by atoms with van der Waals surface area (Å²) >= 11 is 0. The Hall–Kier alpha value is -1.52. The minimum absolute atomic E-state index is 0.112. The van der Waals surface area contributed by atoms with Crippen molar-refractivity contribution < 1.29 is 18.0 Å². The Bertz CT molecular complexity index is 435. The maximum absolute atomic E-state index is 13.0. The van der Waals surface area contributed by atoms with E-state index >= 15 is 0 Å². The molecule has 19 heavy (non-hydrogen) atoms. The molecule has 0 bridgehead atoms. The van der Waals surface area contributed by atoms with Crippen LogP contribution >= 0.6 is 0 Å². The Morgan fingerprint density at radius 1 is 1.16 bits per heavy atom. The van der Waals surface area contributed by atoms with E-state index in [4.69, 9.17) is 0 Å². The van der Waals surface area contributed by atoms with Crippen LogP contribution in [0.1, 0.15) is 44.0 Å². The molecule has 1 atom stereocenters. The van der Waals surface area contributed by atoms with E-state index in [0.29, 0.717) is 18.1 Å². The highest BCUT2D eigenvalue weighted by molar-refractivity contribution is 5.94. The maximum Gasteiger partial charge on any atom is 0.251 e. The zero-order chi connectivity index (χ0) is 14.6. The predicted molar refractivity (Wildman–Crippen MR) is 67.3 cm³/mol. The highest BCUT2D eigenvalue weighted by atomic mass is 19.2. The number of carbonyl (C=O) groups is 1. The van der Waals surface area contributed by atoms with E-state index in [9.17, 15) is 18.0 Å². The zero-order valence-corrected chi connectivity index (χ0v) is 11.3. The molecule has 0 spiro atoms. The summed E-state index contributed by atoms with van der Waals surface area (Å²) in [7, 11) is 0. The van der Waals surface area contributed by atoms with Gasteiger partial charge in [-0.2, -0.15) is 0 Å². The Labute approximate surface area is 111 Å². The van der Waals surface area contributed by atoms with Crippen LogP contribution in [0.25, 0.3) is 0 Å². The number of amides is 1. The lowest BCUT2D eigenvalue weighted by Gasteiger charge is -2.22. The second-order valence-corrected chi connectivity index (χ2v) is 4.59. The molecule has 0 radical (unpaired) electrons. The van der Waals surface area contributed by atoms with Crippen LogP contribution in [-0.4, -0.2) is 11.9 Å². The number of hydrogen-bond acceptors (Lipinski definition) is 1. The third-order valence-corrected chi connectivity index (χ3v) is 3.36. The van der Waals surface area contributed by atoms with E-state index in [2.05, 4.69) is 5.32 Å². The third kappa shape index (κ3) is 3.72. The van der Waals surface area contributed by atoms with E-state index in [-0.39, 0.29) is 11.6 Å². The summed E-state index contributed by atoms with van der Waals surface area (Å²) in [6.07, 6.45) is 1.79. The lowest BCUT2D eigenvalue weighted by Crippen LogP contribution is -2.37. The number of hydrogen-bond donors (Lipinski definition) is 1. The highest BCUT2D eigenvalue weighted by Crippen LogP contribution is 2.16. The first-order valence-corrected chi connectivity index (χ1v) is 6.36. The van der Waals surface area contributed by atoms with Gasteiger partial charge in [0.1, 0.15) is 0 Å². The summed E-state index contributed by atoms with van der Waals surface area (Å²) in [4.78, 5) is 11.8. The van der Waals surface area contributed by atoms with Crippen molar-refractivity contribution in [2.45, 2.75) is 39.7 Å². The molecule has 1 aromatic rings. The van der Waals surface area contributed by atoms with Crippen molar-refractivity contribution in [3.63, 3.8) is 0 Å². The molecule has 1 aromatic carbocycles. The zero-order valence-electron chi connectivity index (χ0n) is 11.3. The molecule has 106 valence electrons. The van der Waals surface area contributed by atoms with Gasteiger partial charge in [-0.1, -0.05) is 26.7 Å². The number of rotatable bonds is 5. The fourth-order valence-electron chi connectivity index (χ4n) is 2.09. The van der Waals surface area contributed by atoms with Gasteiger partial charge >= 0.3 is 0 Å². The topological polar surface area (TPSA) is 29.1 Å². The van der Waals surface area contributed by atoms with E-state index in [1.165, 1.54) is 0 Å². The van der Waals surface area contributed by atoms with Crippen LogP contribution in [0.3, 0.4) is 0 Å². The molecular weight excluding hydrogens is 255 g/mol. The number of carbonyl (C=O) groups excluding carboxylic acids is 1. The van der Waals surface area contributed by atoms with Crippen molar-refractivity contribution in [2.75, 3.05) is 0 Å². The standard InChI is InChI=1S/C14H18F3NO/c1-4-9(5-2)8(3)18-14(19)10-6-11(15)13(17)12(16)7-10/h6-9H,4-5H2,1-3H3,(H,18,19). The van der Waals surface area contributed by atoms with Crippen LogP contribution in [0.2, 0.25) is 0 Å². The Balaban J connectivity index is 2.84. The monoisotopic (exact) mass is 273 g/mol. The Morgan fingerprint density at radius 2 is 1.63 bits per heavy atom. The molecule has 0 aliphatic rings. The van der Waals surface area contributed by atoms with Crippen LogP contribution in [0, 0.1) is 23.4 Å². The summed E-state index contributed by atoms with van der Waals surface area (Å²) < 4.78 is 38.9. The van der Waals surface area contributed by atoms with E-state index in [1.54, 1.807) is 0 Å². The Kier molecular flexibility index (Phi) is 5.39. The second kappa shape index (κ2) is 6.59. The lowest BCUT2D eigenvalue weighted by atomic mass is 9.95. The fourth-order valence-corrected chi connectivity index (χ4v) is 2.09. The van der Waals surface area contributed by atoms with Gasteiger partial charge in [0.25, 0.3) is 5.91 Å². The largest absolute Gasteiger partial charge is 0.349 e. The van der Waals surface area contributed by atoms with Gasteiger partial charge in [-0.25, -0.2) is 13.2 Å². The average molecular weight is 273 g/mol. The van der Waals surface area contributed by atoms with Gasteiger partial charge in [0, 0.05) is 11.6 Å². The minimum atomic E-state index is -1.57. The van der Waals surface area contributed by atoms with Crippen LogP contribution in [0.15, 0.2) is 12.1 Å². The van der Waals surface area contributed by atoms with Gasteiger partial charge in [0.15, 0.2) is 17.5 Å². The summed E-state index contributed by atoms with van der Waals surface area (Å²) in [5, 5.41) is 2.68. The molecule has 0 aromatic heterocycles. The second-order valence-electron chi connectivity index (χ2n) is 4.59. The van der Waals surface area contributed by atoms with Gasteiger partial charge in [0.2, 0.25) is 0 Å². The quantitative estimate of drug-likeness (QED) is 0.815. The van der Waals surface area contributed by atoms with Crippen molar-refractivity contribution in [3.8, 4) is 0 Å². The van der Waals surface area contributed by atoms with Crippen molar-refractivity contribution in [1.82, 2.24) is 5.32 Å². The highest BCUT2D eigenvalue weighted by Gasteiger charge is 2.19. The number of nitrogens with one attached hydrogen (secondary N) is 1. The molecule has 0 saturated heterocycles. The molecule has 0 aliphatic carbocycles. The first kappa shape index (κ1) is 15.5. The molecule has 1 rings (SSSR count). The van der Waals surface area contributed by atoms with Crippen molar-refractivity contribution >= 4 is 5.91 Å². The molecule has 1 unspecified atom stereocenters. The van der Waals surface area contributed by atoms with Crippen LogP contribution in [-0.2, 0) is 0 Å². The minimum Gasteiger partial charge on any atom is -0.349 e. The van der Waals surface area contributed by atoms with Gasteiger partial charge in [-0.05, 0) is 25.0 Å². The predicted octanol–water partition coefficient (Wildman–Crippen LogP) is 3.66. The Morgan fingerprint density at radius 3 is 2.05 bits per heavy atom. The molecule has 0 heterocycles. The fraction of sp³-hybridized carbons (Fsp3) is 0.500. The molecule has 1 N–H and O–H groups in total. The molecular formula is C14H18F3NO. The van der Waals surface area contributed by atoms with Crippen molar-refractivity contribution in [3.05, 3.63) is 35.1 Å². The van der Waals surface area contributed by atoms with Crippen molar-refractivity contribution in [2.24, 2.45) is 5.92 Å². The van der Waals surface area contributed by atoms with E-state index in [0.717, 1.165) is 12.8 Å². The molecule has 1 amide bonds. The third-order valence-electron chi connectivity index (χ3n) is 3.36. The summed E-state index contributed by atoms with van der Waals surface area (Å²) in [6, 6.07) is 1.29. The SMILES string of the molecule is CCC(CC)C(C)NC(=O)c1cc(F)c(F)c(F)c1. The molecule has 2 nitrogen and oxygen atoms in total. The van der Waals surface area contributed by atoms with Gasteiger partial charge in [0.05, 0.1) is 0 Å². The number of benzene rings is 1. The van der Waals surface area contributed by atoms with Crippen LogP contribution < -0.4 is 5.32 Å². The van der Waals surface area contributed by atoms with E-state index < -0.39 is 23.4 Å². The molecule has 0 aliphatic heterocycles. The van der Waals surface area contributed by atoms with Gasteiger partial charge < -0.3 is 5.32 Å². The lowest BCUT2D eigenvalue weighted by molar-refractivity contribution is 0.0924. The average Bonchev–Trinajstić information content (AvgIpc) is 2.36. The smallest absolute Gasteiger partial charge is 0.251 e. The maximum atomic E-state index is 13.0. The molecule has 5 heteroatoms. The molecule has 0 fully saturated rings. The first-order valence-electron chi connectivity index (χ1n) is 6.36. The number of halogens is 3. The molecule has 0 saturated carbocycles. The first-order chi connectivity index (χ1) is 8.90. The van der Waals surface area contributed by atoms with E-state index in [1.807, 2.05) is 20.8 Å². The van der Waals surface area contributed by atoms with Gasteiger partial charge in [-0.3, -0.25) is 4.79 Å². The van der Waals surface area contributed by atoms with Gasteiger partial charge in [-0.15, -0.1) is 0 Å². The normalized spacial score (nSPS) is 12.6. The van der Waals surface area contributed by atoms with Crippen molar-refractivity contribution in [1.29, 1.82) is 0 Å². The summed E-state index contributed by atoms with van der Waals surface area (Å²) in [6.45, 7) is 5.86. The van der Waals surface area contributed by atoms with Crippen LogP contribution in [0.5, 0.6) is 0 Å². The summed E-state index contributed by atoms with van der Waals surface area (Å²) in [5.41, 5.74) is -0.214. The van der Waals surface area contributed by atoms with Crippen LogP contribution in [0.4, 0.5) is 13.2 Å².